The lowest BCUT2D eigenvalue weighted by molar-refractivity contribution is 0.398. The van der Waals surface area contributed by atoms with Gasteiger partial charge in [0.05, 0.1) is 17.7 Å². The van der Waals surface area contributed by atoms with E-state index in [1.54, 1.807) is 0 Å². The lowest BCUT2D eigenvalue weighted by Crippen LogP contribution is -2.01. The topological polar surface area (TPSA) is 72.8 Å². The summed E-state index contributed by atoms with van der Waals surface area (Å²) in [5.41, 5.74) is 0.343. The Bertz CT molecular complexity index is 457. The molecule has 0 N–H and O–H groups in total. The van der Waals surface area contributed by atoms with Crippen molar-refractivity contribution in [2.45, 2.75) is 4.90 Å². The molecule has 0 bridgehead atoms. The van der Waals surface area contributed by atoms with Gasteiger partial charge < -0.3 is 0 Å². The molecule has 0 aromatic heterocycles. The van der Waals surface area contributed by atoms with Crippen LogP contribution in [0.5, 0.6) is 0 Å². The zero-order valence-electron chi connectivity index (χ0n) is 7.30. The van der Waals surface area contributed by atoms with Gasteiger partial charge in [0.1, 0.15) is 0 Å². The van der Waals surface area contributed by atoms with E-state index in [-0.39, 0.29) is 4.90 Å². The van der Waals surface area contributed by atoms with Crippen LogP contribution in [-0.4, -0.2) is 21.6 Å². The molecule has 0 saturated carbocycles. The van der Waals surface area contributed by atoms with Crippen molar-refractivity contribution >= 4 is 21.9 Å². The number of rotatable bonds is 3. The lowest BCUT2D eigenvalue weighted by atomic mass is 10.3. The average molecular weight is 213 g/mol. The van der Waals surface area contributed by atoms with Gasteiger partial charge in [-0.3, -0.25) is 4.18 Å². The first-order valence-corrected chi connectivity index (χ1v) is 4.99. The number of benzene rings is 1. The van der Waals surface area contributed by atoms with E-state index in [0.717, 1.165) is 7.11 Å². The van der Waals surface area contributed by atoms with Crippen LogP contribution in [-0.2, 0) is 19.1 Å². The van der Waals surface area contributed by atoms with Gasteiger partial charge >= 0.3 is 0 Å². The van der Waals surface area contributed by atoms with Crippen LogP contribution in [0.2, 0.25) is 0 Å². The molecule has 0 atom stereocenters. The zero-order valence-corrected chi connectivity index (χ0v) is 8.11. The predicted molar refractivity (Wildman–Crippen MR) is 48.4 cm³/mol. The molecule has 0 amide bonds. The Hall–Kier alpha value is -1.49. The van der Waals surface area contributed by atoms with E-state index in [1.165, 1.54) is 30.3 Å². The molecule has 1 aromatic rings. The molecule has 0 aliphatic rings. The summed E-state index contributed by atoms with van der Waals surface area (Å²) >= 11 is 0. The molecule has 74 valence electrons. The van der Waals surface area contributed by atoms with Gasteiger partial charge in [0.15, 0.2) is 0 Å². The quantitative estimate of drug-likeness (QED) is 0.426. The maximum atomic E-state index is 11.1. The molecule has 0 aliphatic heterocycles. The number of nitrogens with zero attached hydrogens (tertiary/aromatic N) is 1. The fraction of sp³-hybridized carbons (Fsp3) is 0.125. The first kappa shape index (κ1) is 10.6. The summed E-state index contributed by atoms with van der Waals surface area (Å²) in [6, 6.07) is 5.37. The molecule has 0 saturated heterocycles. The van der Waals surface area contributed by atoms with Crippen LogP contribution < -0.4 is 0 Å². The summed E-state index contributed by atoms with van der Waals surface area (Å²) < 4.78 is 26.6. The summed E-state index contributed by atoms with van der Waals surface area (Å²) in [6.07, 6.45) is 1.35. The first-order chi connectivity index (χ1) is 6.60. The molecule has 6 heteroatoms. The van der Waals surface area contributed by atoms with Crippen molar-refractivity contribution in [2.24, 2.45) is 4.99 Å². The van der Waals surface area contributed by atoms with Gasteiger partial charge in [-0.15, -0.1) is 0 Å². The summed E-state index contributed by atoms with van der Waals surface area (Å²) in [5, 5.41) is 0. The molecule has 0 heterocycles. The molecule has 1 aromatic carbocycles. The highest BCUT2D eigenvalue weighted by molar-refractivity contribution is 7.86. The van der Waals surface area contributed by atoms with E-state index in [9.17, 15) is 13.2 Å². The van der Waals surface area contributed by atoms with Crippen molar-refractivity contribution in [1.29, 1.82) is 0 Å². The standard InChI is InChI=1S/C8H7NO4S/c1-13-14(11,12)8-4-2-7(3-5-8)9-6-10/h2-5H,1H3. The molecule has 5 nitrogen and oxygen atoms in total. The van der Waals surface area contributed by atoms with Crippen molar-refractivity contribution < 1.29 is 17.4 Å². The van der Waals surface area contributed by atoms with Crippen LogP contribution in [0.1, 0.15) is 0 Å². The Balaban J connectivity index is 3.12. The SMILES string of the molecule is COS(=O)(=O)c1ccc(N=C=O)cc1. The fourth-order valence-electron chi connectivity index (χ4n) is 0.836. The maximum absolute atomic E-state index is 11.1. The van der Waals surface area contributed by atoms with Crippen molar-refractivity contribution in [3.8, 4) is 0 Å². The zero-order chi connectivity index (χ0) is 10.6. The average Bonchev–Trinajstić information content (AvgIpc) is 2.19. The highest BCUT2D eigenvalue weighted by atomic mass is 32.2. The summed E-state index contributed by atoms with van der Waals surface area (Å²) in [4.78, 5) is 13.2. The van der Waals surface area contributed by atoms with Gasteiger partial charge in [0.25, 0.3) is 10.1 Å². The Morgan fingerprint density at radius 1 is 1.29 bits per heavy atom. The van der Waals surface area contributed by atoms with Gasteiger partial charge in [0.2, 0.25) is 6.08 Å². The smallest absolute Gasteiger partial charge is 0.270 e. The van der Waals surface area contributed by atoms with E-state index >= 15 is 0 Å². The minimum absolute atomic E-state index is 0.0184. The van der Waals surface area contributed by atoms with Gasteiger partial charge in [-0.2, -0.15) is 13.4 Å². The fourth-order valence-corrected chi connectivity index (χ4v) is 1.50. The largest absolute Gasteiger partial charge is 0.296 e. The second kappa shape index (κ2) is 4.15. The number of carbonyl (C=O) groups excluding carboxylic acids is 1. The highest BCUT2D eigenvalue weighted by Gasteiger charge is 2.11. The molecular formula is C8H7NO4S. The lowest BCUT2D eigenvalue weighted by Gasteiger charge is -1.99. The number of hydrogen-bond donors (Lipinski definition) is 0. The Kier molecular flexibility index (Phi) is 3.14. The second-order valence-corrected chi connectivity index (χ2v) is 4.03. The Labute approximate surface area is 81.2 Å². The molecule has 0 spiro atoms. The van der Waals surface area contributed by atoms with Crippen LogP contribution in [0, 0.1) is 0 Å². The highest BCUT2D eigenvalue weighted by Crippen LogP contribution is 2.16. The van der Waals surface area contributed by atoms with Crippen LogP contribution in [0.15, 0.2) is 34.2 Å². The molecular weight excluding hydrogens is 206 g/mol. The normalized spacial score (nSPS) is 10.6. The van der Waals surface area contributed by atoms with Crippen LogP contribution in [0.25, 0.3) is 0 Å². The van der Waals surface area contributed by atoms with Crippen molar-refractivity contribution in [3.05, 3.63) is 24.3 Å². The van der Waals surface area contributed by atoms with E-state index in [2.05, 4.69) is 9.18 Å². The third-order valence-corrected chi connectivity index (χ3v) is 2.81. The van der Waals surface area contributed by atoms with E-state index in [0.29, 0.717) is 5.69 Å². The molecule has 0 fully saturated rings. The van der Waals surface area contributed by atoms with Gasteiger partial charge in [-0.05, 0) is 24.3 Å². The third kappa shape index (κ3) is 2.26. The number of hydrogen-bond acceptors (Lipinski definition) is 5. The third-order valence-electron chi connectivity index (χ3n) is 1.52. The van der Waals surface area contributed by atoms with Crippen molar-refractivity contribution in [1.82, 2.24) is 0 Å². The van der Waals surface area contributed by atoms with Crippen molar-refractivity contribution in [3.63, 3.8) is 0 Å². The van der Waals surface area contributed by atoms with E-state index < -0.39 is 10.1 Å². The molecule has 0 unspecified atom stereocenters. The number of isocyanates is 1. The minimum Gasteiger partial charge on any atom is -0.270 e. The van der Waals surface area contributed by atoms with Crippen molar-refractivity contribution in [2.75, 3.05) is 7.11 Å². The van der Waals surface area contributed by atoms with Crippen LogP contribution in [0.4, 0.5) is 5.69 Å². The summed E-state index contributed by atoms with van der Waals surface area (Å²) in [5.74, 6) is 0. The summed E-state index contributed by atoms with van der Waals surface area (Å²) in [7, 11) is -2.59. The number of aliphatic imine (C=N–C) groups is 1. The molecule has 14 heavy (non-hydrogen) atoms. The Morgan fingerprint density at radius 3 is 2.29 bits per heavy atom. The predicted octanol–water partition coefficient (Wildman–Crippen LogP) is 0.989. The van der Waals surface area contributed by atoms with Gasteiger partial charge in [-0.1, -0.05) is 0 Å². The second-order valence-electron chi connectivity index (χ2n) is 2.32. The van der Waals surface area contributed by atoms with Gasteiger partial charge in [-0.25, -0.2) is 4.79 Å². The Morgan fingerprint density at radius 2 is 1.86 bits per heavy atom. The van der Waals surface area contributed by atoms with E-state index in [1.807, 2.05) is 0 Å². The first-order valence-electron chi connectivity index (χ1n) is 3.59. The van der Waals surface area contributed by atoms with Crippen LogP contribution >= 0.6 is 0 Å². The maximum Gasteiger partial charge on any atom is 0.296 e. The van der Waals surface area contributed by atoms with Gasteiger partial charge in [0, 0.05) is 0 Å². The molecule has 0 aliphatic carbocycles. The van der Waals surface area contributed by atoms with E-state index in [4.69, 9.17) is 0 Å². The summed E-state index contributed by atoms with van der Waals surface area (Å²) in [6.45, 7) is 0. The van der Waals surface area contributed by atoms with Crippen LogP contribution in [0.3, 0.4) is 0 Å². The minimum atomic E-state index is -3.67. The monoisotopic (exact) mass is 213 g/mol. The molecule has 1 rings (SSSR count). The molecule has 0 radical (unpaired) electrons.